The van der Waals surface area contributed by atoms with Gasteiger partial charge in [-0.2, -0.15) is 0 Å². The second-order valence-electron chi connectivity index (χ2n) is 13.6. The lowest BCUT2D eigenvalue weighted by atomic mass is 9.84. The number of rotatable bonds is 3. The van der Waals surface area contributed by atoms with Crippen molar-refractivity contribution >= 4 is 75.8 Å². The third-order valence-corrected chi connectivity index (χ3v) is 10.8. The van der Waals surface area contributed by atoms with Gasteiger partial charge in [0.2, 0.25) is 0 Å². The van der Waals surface area contributed by atoms with Crippen molar-refractivity contribution in [3.8, 4) is 33.4 Å². The lowest BCUT2D eigenvalue weighted by molar-refractivity contribution is 0.669. The maximum Gasteiger partial charge on any atom is 0.136 e. The fourth-order valence-electron chi connectivity index (χ4n) is 8.50. The maximum atomic E-state index is 6.40. The van der Waals surface area contributed by atoms with E-state index < -0.39 is 0 Å². The standard InChI is InChI=1S/C50H30O/c1-2-13-33-27-36(22-21-31(33)11-1)48-40-17-7-9-19-42(40)49(43-20-10-8-18-41(43)48)37-28-34-14-4-5-15-38(34)44(30-37)35-24-25-46-45(29-35)50-39-16-6-3-12-32(39)23-26-47(50)51-46/h1-30H. The van der Waals surface area contributed by atoms with Crippen molar-refractivity contribution in [1.82, 2.24) is 0 Å². The van der Waals surface area contributed by atoms with Crippen molar-refractivity contribution < 1.29 is 4.42 Å². The second-order valence-corrected chi connectivity index (χ2v) is 13.6. The highest BCUT2D eigenvalue weighted by molar-refractivity contribution is 6.23. The molecule has 11 rings (SSSR count). The average molecular weight is 647 g/mol. The van der Waals surface area contributed by atoms with Gasteiger partial charge in [-0.15, -0.1) is 0 Å². The third-order valence-electron chi connectivity index (χ3n) is 10.8. The normalized spacial score (nSPS) is 11.9. The molecule has 1 nitrogen and oxygen atoms in total. The van der Waals surface area contributed by atoms with Gasteiger partial charge in [-0.25, -0.2) is 0 Å². The zero-order chi connectivity index (χ0) is 33.5. The molecule has 236 valence electrons. The summed E-state index contributed by atoms with van der Waals surface area (Å²) in [5.41, 5.74) is 9.21. The molecular weight excluding hydrogens is 617 g/mol. The van der Waals surface area contributed by atoms with Gasteiger partial charge in [-0.3, -0.25) is 0 Å². The molecule has 11 aromatic rings. The summed E-state index contributed by atoms with van der Waals surface area (Å²) in [5.74, 6) is 0. The van der Waals surface area contributed by atoms with E-state index in [-0.39, 0.29) is 0 Å². The van der Waals surface area contributed by atoms with Gasteiger partial charge in [0.25, 0.3) is 0 Å². The highest BCUT2D eigenvalue weighted by atomic mass is 16.3. The molecule has 51 heavy (non-hydrogen) atoms. The summed E-state index contributed by atoms with van der Waals surface area (Å²) >= 11 is 0. The molecule has 0 radical (unpaired) electrons. The Morgan fingerprint density at radius 1 is 0.275 bits per heavy atom. The van der Waals surface area contributed by atoms with Crippen LogP contribution < -0.4 is 0 Å². The highest BCUT2D eigenvalue weighted by Crippen LogP contribution is 2.46. The second kappa shape index (κ2) is 10.9. The first kappa shape index (κ1) is 28.2. The van der Waals surface area contributed by atoms with Crippen molar-refractivity contribution in [2.45, 2.75) is 0 Å². The molecule has 0 bridgehead atoms. The Hall–Kier alpha value is -6.70. The minimum Gasteiger partial charge on any atom is -0.456 e. The van der Waals surface area contributed by atoms with Crippen LogP contribution in [0.5, 0.6) is 0 Å². The van der Waals surface area contributed by atoms with Crippen molar-refractivity contribution in [3.05, 3.63) is 182 Å². The molecule has 0 N–H and O–H groups in total. The molecule has 0 saturated carbocycles. The summed E-state index contributed by atoms with van der Waals surface area (Å²) in [6.45, 7) is 0. The van der Waals surface area contributed by atoms with Gasteiger partial charge in [0.1, 0.15) is 11.2 Å². The van der Waals surface area contributed by atoms with Crippen LogP contribution in [-0.4, -0.2) is 0 Å². The average Bonchev–Trinajstić information content (AvgIpc) is 3.58. The SMILES string of the molecule is c1ccc2cc(-c3c4ccccc4c(-c4cc(-c5ccc6oc7ccc8ccccc8c7c6c5)c5ccccc5c4)c4ccccc34)ccc2c1. The predicted molar refractivity (Wildman–Crippen MR) is 218 cm³/mol. The molecule has 0 amide bonds. The molecule has 0 atom stereocenters. The monoisotopic (exact) mass is 646 g/mol. The fraction of sp³-hybridized carbons (Fsp3) is 0. The van der Waals surface area contributed by atoms with E-state index in [1.165, 1.54) is 92.6 Å². The molecule has 0 unspecified atom stereocenters. The van der Waals surface area contributed by atoms with Crippen molar-refractivity contribution in [2.24, 2.45) is 0 Å². The summed E-state index contributed by atoms with van der Waals surface area (Å²) in [6, 6.07) is 66.5. The number of fused-ring (bicyclic) bond motifs is 9. The van der Waals surface area contributed by atoms with E-state index >= 15 is 0 Å². The van der Waals surface area contributed by atoms with Crippen molar-refractivity contribution in [2.75, 3.05) is 0 Å². The summed E-state index contributed by atoms with van der Waals surface area (Å²) in [5, 5.41) is 14.7. The van der Waals surface area contributed by atoms with E-state index in [4.69, 9.17) is 4.42 Å². The number of hydrogen-bond acceptors (Lipinski definition) is 1. The summed E-state index contributed by atoms with van der Waals surface area (Å²) in [6.07, 6.45) is 0. The Morgan fingerprint density at radius 2 is 0.784 bits per heavy atom. The van der Waals surface area contributed by atoms with E-state index in [0.29, 0.717) is 0 Å². The Kier molecular flexibility index (Phi) is 6.02. The lowest BCUT2D eigenvalue weighted by Gasteiger charge is -2.19. The first-order chi connectivity index (χ1) is 25.3. The van der Waals surface area contributed by atoms with Crippen LogP contribution in [-0.2, 0) is 0 Å². The Morgan fingerprint density at radius 3 is 1.51 bits per heavy atom. The number of furan rings is 1. The van der Waals surface area contributed by atoms with Gasteiger partial charge >= 0.3 is 0 Å². The highest BCUT2D eigenvalue weighted by Gasteiger charge is 2.19. The topological polar surface area (TPSA) is 13.1 Å². The molecule has 0 saturated heterocycles. The van der Waals surface area contributed by atoms with E-state index in [9.17, 15) is 0 Å². The van der Waals surface area contributed by atoms with Crippen LogP contribution >= 0.6 is 0 Å². The molecule has 0 fully saturated rings. The molecule has 1 aromatic heterocycles. The van der Waals surface area contributed by atoms with E-state index in [1.807, 2.05) is 0 Å². The summed E-state index contributed by atoms with van der Waals surface area (Å²) < 4.78 is 6.40. The van der Waals surface area contributed by atoms with Crippen LogP contribution in [0.15, 0.2) is 186 Å². The zero-order valence-corrected chi connectivity index (χ0v) is 27.7. The molecule has 0 aliphatic rings. The van der Waals surface area contributed by atoms with Crippen LogP contribution in [0.25, 0.3) is 109 Å². The molecule has 0 spiro atoms. The Bertz CT molecular complexity index is 3140. The molecule has 0 aliphatic heterocycles. The molecule has 1 heterocycles. The molecular formula is C50H30O. The summed E-state index contributed by atoms with van der Waals surface area (Å²) in [7, 11) is 0. The minimum absolute atomic E-state index is 0.909. The third kappa shape index (κ3) is 4.28. The lowest BCUT2D eigenvalue weighted by Crippen LogP contribution is -1.92. The van der Waals surface area contributed by atoms with E-state index in [1.54, 1.807) is 0 Å². The first-order valence-electron chi connectivity index (χ1n) is 17.6. The van der Waals surface area contributed by atoms with Crippen molar-refractivity contribution in [1.29, 1.82) is 0 Å². The van der Waals surface area contributed by atoms with Crippen molar-refractivity contribution in [3.63, 3.8) is 0 Å². The number of hydrogen-bond donors (Lipinski definition) is 0. The fourth-order valence-corrected chi connectivity index (χ4v) is 8.50. The van der Waals surface area contributed by atoms with Gasteiger partial charge in [0.15, 0.2) is 0 Å². The van der Waals surface area contributed by atoms with Gasteiger partial charge in [-0.1, -0.05) is 146 Å². The van der Waals surface area contributed by atoms with Crippen LogP contribution in [0, 0.1) is 0 Å². The largest absolute Gasteiger partial charge is 0.456 e. The molecule has 0 aliphatic carbocycles. The van der Waals surface area contributed by atoms with Gasteiger partial charge in [0.05, 0.1) is 0 Å². The zero-order valence-electron chi connectivity index (χ0n) is 27.7. The van der Waals surface area contributed by atoms with E-state index in [0.717, 1.165) is 16.6 Å². The number of benzene rings is 10. The maximum absolute atomic E-state index is 6.40. The summed E-state index contributed by atoms with van der Waals surface area (Å²) in [4.78, 5) is 0. The smallest absolute Gasteiger partial charge is 0.136 e. The Labute approximate surface area is 294 Å². The predicted octanol–water partition coefficient (Wildman–Crippen LogP) is 14.4. The van der Waals surface area contributed by atoms with Gasteiger partial charge < -0.3 is 4.42 Å². The van der Waals surface area contributed by atoms with Crippen LogP contribution in [0.2, 0.25) is 0 Å². The quantitative estimate of drug-likeness (QED) is 0.174. The van der Waals surface area contributed by atoms with Crippen LogP contribution in [0.4, 0.5) is 0 Å². The van der Waals surface area contributed by atoms with Gasteiger partial charge in [-0.05, 0) is 124 Å². The van der Waals surface area contributed by atoms with E-state index in [2.05, 4.69) is 182 Å². The Balaban J connectivity index is 1.20. The molecule has 10 aromatic carbocycles. The van der Waals surface area contributed by atoms with Crippen LogP contribution in [0.1, 0.15) is 0 Å². The minimum atomic E-state index is 0.909. The van der Waals surface area contributed by atoms with Gasteiger partial charge in [0, 0.05) is 10.8 Å². The first-order valence-corrected chi connectivity index (χ1v) is 17.6. The van der Waals surface area contributed by atoms with Crippen LogP contribution in [0.3, 0.4) is 0 Å². The molecule has 1 heteroatoms.